The first-order valence-corrected chi connectivity index (χ1v) is 8.64. The maximum atomic E-state index is 2.35. The molecule has 24 heavy (non-hydrogen) atoms. The minimum atomic E-state index is -0.155. The number of benzene rings is 3. The van der Waals surface area contributed by atoms with E-state index in [1.54, 1.807) is 0 Å². The fourth-order valence-corrected chi connectivity index (χ4v) is 3.68. The molecule has 0 nitrogen and oxygen atoms in total. The molecule has 3 aromatic rings. The van der Waals surface area contributed by atoms with E-state index in [0.29, 0.717) is 0 Å². The van der Waals surface area contributed by atoms with Gasteiger partial charge in [0.15, 0.2) is 0 Å². The van der Waals surface area contributed by atoms with Crippen molar-refractivity contribution in [3.05, 3.63) is 106 Å². The van der Waals surface area contributed by atoms with Gasteiger partial charge in [-0.1, -0.05) is 72.3 Å². The summed E-state index contributed by atoms with van der Waals surface area (Å²) in [6.45, 7) is 11.1. The lowest BCUT2D eigenvalue weighted by Crippen LogP contribution is -2.26. The number of aryl methyl sites for hydroxylation is 4. The Bertz CT molecular complexity index is 858. The molecule has 3 aromatic carbocycles. The van der Waals surface area contributed by atoms with Crippen LogP contribution in [-0.4, -0.2) is 0 Å². The molecule has 0 spiro atoms. The molecular weight excluding hydrogens is 288 g/mol. The first-order chi connectivity index (χ1) is 11.4. The second-order valence-corrected chi connectivity index (χ2v) is 7.11. The molecule has 0 aliphatic carbocycles. The largest absolute Gasteiger partial charge is 0.0622 e. The van der Waals surface area contributed by atoms with Crippen LogP contribution in [0, 0.1) is 27.7 Å². The Morgan fingerprint density at radius 2 is 1.29 bits per heavy atom. The monoisotopic (exact) mass is 314 g/mol. The SMILES string of the molecule is Cc1ccc(C(C)(c2ccccc2)c2ccc(C)c(C)c2)c(C)c1. The van der Waals surface area contributed by atoms with Gasteiger partial charge in [0.2, 0.25) is 0 Å². The lowest BCUT2D eigenvalue weighted by molar-refractivity contribution is 0.685. The van der Waals surface area contributed by atoms with Crippen LogP contribution in [0.25, 0.3) is 0 Å². The molecule has 3 rings (SSSR count). The molecule has 0 bridgehead atoms. The molecule has 0 fully saturated rings. The Balaban J connectivity index is 2.31. The molecule has 0 radical (unpaired) electrons. The summed E-state index contributed by atoms with van der Waals surface area (Å²) < 4.78 is 0. The summed E-state index contributed by atoms with van der Waals surface area (Å²) in [5.41, 5.74) is 9.25. The highest BCUT2D eigenvalue weighted by Gasteiger charge is 2.32. The summed E-state index contributed by atoms with van der Waals surface area (Å²) in [5.74, 6) is 0. The molecule has 1 unspecified atom stereocenters. The van der Waals surface area contributed by atoms with Crippen molar-refractivity contribution in [2.24, 2.45) is 0 Å². The standard InChI is InChI=1S/C24H26/c1-17-11-14-23(20(4)15-17)24(5,21-9-7-6-8-10-21)22-13-12-18(2)19(3)16-22/h6-16H,1-5H3. The van der Waals surface area contributed by atoms with Gasteiger partial charge in [-0.05, 0) is 68.0 Å². The van der Waals surface area contributed by atoms with Gasteiger partial charge in [0.05, 0.1) is 0 Å². The van der Waals surface area contributed by atoms with E-state index in [9.17, 15) is 0 Å². The highest BCUT2D eigenvalue weighted by atomic mass is 14.3. The van der Waals surface area contributed by atoms with E-state index in [1.165, 1.54) is 38.9 Å². The zero-order valence-corrected chi connectivity index (χ0v) is 15.4. The lowest BCUT2D eigenvalue weighted by Gasteiger charge is -2.34. The third-order valence-corrected chi connectivity index (χ3v) is 5.36. The van der Waals surface area contributed by atoms with Crippen molar-refractivity contribution in [2.75, 3.05) is 0 Å². The van der Waals surface area contributed by atoms with Crippen molar-refractivity contribution in [1.29, 1.82) is 0 Å². The average molecular weight is 314 g/mol. The average Bonchev–Trinajstić information content (AvgIpc) is 2.57. The van der Waals surface area contributed by atoms with Crippen LogP contribution in [0.1, 0.15) is 45.9 Å². The molecule has 0 aliphatic heterocycles. The molecule has 0 heteroatoms. The van der Waals surface area contributed by atoms with Gasteiger partial charge in [-0.2, -0.15) is 0 Å². The first kappa shape index (κ1) is 16.5. The first-order valence-electron chi connectivity index (χ1n) is 8.64. The zero-order valence-electron chi connectivity index (χ0n) is 15.4. The van der Waals surface area contributed by atoms with Crippen molar-refractivity contribution in [3.8, 4) is 0 Å². The van der Waals surface area contributed by atoms with E-state index in [1.807, 2.05) is 0 Å². The van der Waals surface area contributed by atoms with Gasteiger partial charge < -0.3 is 0 Å². The van der Waals surface area contributed by atoms with Gasteiger partial charge in [0, 0.05) is 5.41 Å². The summed E-state index contributed by atoms with van der Waals surface area (Å²) >= 11 is 0. The van der Waals surface area contributed by atoms with Crippen LogP contribution in [0.3, 0.4) is 0 Å². The molecular formula is C24H26. The van der Waals surface area contributed by atoms with Crippen LogP contribution in [0.4, 0.5) is 0 Å². The molecule has 0 amide bonds. The summed E-state index contributed by atoms with van der Waals surface area (Å²) in [6, 6.07) is 24.5. The van der Waals surface area contributed by atoms with Crippen LogP contribution >= 0.6 is 0 Å². The van der Waals surface area contributed by atoms with Crippen molar-refractivity contribution < 1.29 is 0 Å². The summed E-state index contributed by atoms with van der Waals surface area (Å²) in [4.78, 5) is 0. The Labute approximate surface area is 146 Å². The normalized spacial score (nSPS) is 13.5. The van der Waals surface area contributed by atoms with Gasteiger partial charge in [0.25, 0.3) is 0 Å². The van der Waals surface area contributed by atoms with E-state index < -0.39 is 0 Å². The Morgan fingerprint density at radius 1 is 0.583 bits per heavy atom. The second-order valence-electron chi connectivity index (χ2n) is 7.11. The van der Waals surface area contributed by atoms with Crippen molar-refractivity contribution in [1.82, 2.24) is 0 Å². The molecule has 0 saturated heterocycles. The summed E-state index contributed by atoms with van der Waals surface area (Å²) in [6.07, 6.45) is 0. The van der Waals surface area contributed by atoms with Gasteiger partial charge in [-0.15, -0.1) is 0 Å². The third kappa shape index (κ3) is 2.78. The van der Waals surface area contributed by atoms with Crippen LogP contribution in [0.2, 0.25) is 0 Å². The van der Waals surface area contributed by atoms with Crippen LogP contribution in [0.5, 0.6) is 0 Å². The van der Waals surface area contributed by atoms with Crippen LogP contribution in [0.15, 0.2) is 66.7 Å². The number of hydrogen-bond donors (Lipinski definition) is 0. The third-order valence-electron chi connectivity index (χ3n) is 5.36. The fraction of sp³-hybridized carbons (Fsp3) is 0.250. The number of rotatable bonds is 3. The minimum Gasteiger partial charge on any atom is -0.0622 e. The van der Waals surface area contributed by atoms with Crippen molar-refractivity contribution in [2.45, 2.75) is 40.0 Å². The zero-order chi connectivity index (χ0) is 17.3. The van der Waals surface area contributed by atoms with Crippen LogP contribution in [-0.2, 0) is 5.41 Å². The number of hydrogen-bond acceptors (Lipinski definition) is 0. The van der Waals surface area contributed by atoms with Crippen LogP contribution < -0.4 is 0 Å². The summed E-state index contributed by atoms with van der Waals surface area (Å²) in [5, 5.41) is 0. The second kappa shape index (κ2) is 6.28. The summed E-state index contributed by atoms with van der Waals surface area (Å²) in [7, 11) is 0. The molecule has 0 saturated carbocycles. The predicted molar refractivity (Wildman–Crippen MR) is 104 cm³/mol. The maximum Gasteiger partial charge on any atom is 0.0425 e. The Morgan fingerprint density at radius 3 is 1.92 bits per heavy atom. The van der Waals surface area contributed by atoms with E-state index in [4.69, 9.17) is 0 Å². The smallest absolute Gasteiger partial charge is 0.0425 e. The lowest BCUT2D eigenvalue weighted by atomic mass is 9.69. The molecule has 1 atom stereocenters. The highest BCUT2D eigenvalue weighted by Crippen LogP contribution is 2.40. The van der Waals surface area contributed by atoms with E-state index >= 15 is 0 Å². The van der Waals surface area contributed by atoms with E-state index in [0.717, 1.165) is 0 Å². The molecule has 122 valence electrons. The van der Waals surface area contributed by atoms with Gasteiger partial charge in [-0.25, -0.2) is 0 Å². The molecule has 0 aromatic heterocycles. The fourth-order valence-electron chi connectivity index (χ4n) is 3.68. The minimum absolute atomic E-state index is 0.155. The molecule has 0 N–H and O–H groups in total. The molecule has 0 heterocycles. The van der Waals surface area contributed by atoms with E-state index in [-0.39, 0.29) is 5.41 Å². The Hall–Kier alpha value is -2.34. The maximum absolute atomic E-state index is 2.35. The van der Waals surface area contributed by atoms with Gasteiger partial charge >= 0.3 is 0 Å². The predicted octanol–water partition coefficient (Wildman–Crippen LogP) is 6.27. The van der Waals surface area contributed by atoms with E-state index in [2.05, 4.69) is 101 Å². The van der Waals surface area contributed by atoms with Crippen molar-refractivity contribution >= 4 is 0 Å². The Kier molecular flexibility index (Phi) is 4.32. The van der Waals surface area contributed by atoms with Gasteiger partial charge in [-0.3, -0.25) is 0 Å². The van der Waals surface area contributed by atoms with Gasteiger partial charge in [0.1, 0.15) is 0 Å². The highest BCUT2D eigenvalue weighted by molar-refractivity contribution is 5.53. The topological polar surface area (TPSA) is 0 Å². The van der Waals surface area contributed by atoms with Crippen molar-refractivity contribution in [3.63, 3.8) is 0 Å². The molecule has 0 aliphatic rings. The quantitative estimate of drug-likeness (QED) is 0.499.